The first-order valence-electron chi connectivity index (χ1n) is 15.7. The van der Waals surface area contributed by atoms with E-state index in [1.807, 2.05) is 25.1 Å². The molecule has 2 aromatic rings. The monoisotopic (exact) mass is 679 g/mol. The molecule has 1 aromatic heterocycles. The molecular weight excluding hydrogens is 644 g/mol. The lowest BCUT2D eigenvalue weighted by Crippen LogP contribution is -2.38. The summed E-state index contributed by atoms with van der Waals surface area (Å²) in [6.07, 6.45) is -10.1. The van der Waals surface area contributed by atoms with Crippen LogP contribution >= 0.6 is 0 Å². The summed E-state index contributed by atoms with van der Waals surface area (Å²) in [5, 5.41) is 9.38. The average molecular weight is 680 g/mol. The van der Waals surface area contributed by atoms with Gasteiger partial charge in [-0.05, 0) is 86.4 Å². The van der Waals surface area contributed by atoms with E-state index in [-0.39, 0.29) is 18.0 Å². The largest absolute Gasteiger partial charge is 0.496 e. The summed E-state index contributed by atoms with van der Waals surface area (Å²) in [5.74, 6) is -2.41. The molecule has 4 aliphatic rings. The number of nitrogens with zero attached hydrogens (tertiary/aromatic N) is 3. The van der Waals surface area contributed by atoms with Crippen LogP contribution in [0.1, 0.15) is 55.3 Å². The van der Waals surface area contributed by atoms with Crippen LogP contribution < -0.4 is 9.64 Å². The number of carbonyl (C=O) groups excluding carboxylic acids is 1. The van der Waals surface area contributed by atoms with Crippen LogP contribution in [0.2, 0.25) is 0 Å². The molecule has 2 saturated heterocycles. The van der Waals surface area contributed by atoms with Gasteiger partial charge >= 0.3 is 24.4 Å². The highest BCUT2D eigenvalue weighted by atomic mass is 19.4. The number of alkyl halides is 6. The van der Waals surface area contributed by atoms with E-state index in [4.69, 9.17) is 14.5 Å². The number of aromatic nitrogens is 1. The number of aryl methyl sites for hydroxylation is 1. The Bertz CT molecular complexity index is 1680. The minimum absolute atomic E-state index is 0.0288. The normalized spacial score (nSPS) is 25.9. The maximum atomic E-state index is 13.7. The van der Waals surface area contributed by atoms with E-state index in [1.165, 1.54) is 18.9 Å². The van der Waals surface area contributed by atoms with Crippen LogP contribution in [0, 0.1) is 18.8 Å². The highest BCUT2D eigenvalue weighted by molar-refractivity contribution is 5.79. The second kappa shape index (κ2) is 12.3. The number of anilines is 1. The molecule has 6 rings (SSSR count). The summed E-state index contributed by atoms with van der Waals surface area (Å²) in [5.41, 5.74) is 1.82. The molecule has 8 nitrogen and oxygen atoms in total. The Hall–Kier alpha value is -4.23. The van der Waals surface area contributed by atoms with Gasteiger partial charge in [-0.15, -0.1) is 0 Å². The Morgan fingerprint density at radius 2 is 1.83 bits per heavy atom. The summed E-state index contributed by atoms with van der Waals surface area (Å²) in [4.78, 5) is 33.0. The van der Waals surface area contributed by atoms with Gasteiger partial charge in [0.2, 0.25) is 0 Å². The number of aliphatic carboxylic acids is 1. The van der Waals surface area contributed by atoms with Gasteiger partial charge in [0.05, 0.1) is 37.2 Å². The van der Waals surface area contributed by atoms with Crippen LogP contribution in [-0.2, 0) is 16.1 Å². The van der Waals surface area contributed by atoms with Gasteiger partial charge < -0.3 is 19.5 Å². The number of carbonyl (C=O) groups is 2. The first-order chi connectivity index (χ1) is 22.5. The molecule has 3 atom stereocenters. The Labute approximate surface area is 273 Å². The Morgan fingerprint density at radius 1 is 1.12 bits per heavy atom. The van der Waals surface area contributed by atoms with Crippen LogP contribution in [0.5, 0.6) is 5.75 Å². The van der Waals surface area contributed by atoms with Crippen molar-refractivity contribution in [1.29, 1.82) is 0 Å². The van der Waals surface area contributed by atoms with E-state index < -0.39 is 60.4 Å². The zero-order valence-corrected chi connectivity index (χ0v) is 26.5. The van der Waals surface area contributed by atoms with Crippen LogP contribution in [-0.4, -0.2) is 71.8 Å². The van der Waals surface area contributed by atoms with Crippen LogP contribution in [0.15, 0.2) is 47.6 Å². The second-order valence-corrected chi connectivity index (χ2v) is 13.0. The van der Waals surface area contributed by atoms with Crippen LogP contribution in [0.3, 0.4) is 0 Å². The second-order valence-electron chi connectivity index (χ2n) is 13.0. The molecule has 14 heteroatoms. The molecule has 0 bridgehead atoms. The minimum Gasteiger partial charge on any atom is -0.496 e. The summed E-state index contributed by atoms with van der Waals surface area (Å²) >= 11 is 0. The standard InChI is InChI=1S/C34H35F6N3O5/c1-17-9-28(42-7-4-8-42)41-26(29(17)25-14-19(5-6-27(25)47-3)20-10-22(11-20)31(44)45)16-43-18(2)30(48-32(43)46)21-12-23(33(35,36)37)15-24(13-21)34(38,39)40/h5-6,9,12-14,18,20,22-23,30H,4,7-8,10-11,15-16H2,1-3H3,(H,44,45)/t18-,20?,22?,23?,30-/m0/s1. The first-order valence-corrected chi connectivity index (χ1v) is 15.7. The average Bonchev–Trinajstić information content (AvgIpc) is 3.22. The van der Waals surface area contributed by atoms with Crippen LogP contribution in [0.4, 0.5) is 37.0 Å². The summed E-state index contributed by atoms with van der Waals surface area (Å²) in [7, 11) is 1.51. The highest BCUT2D eigenvalue weighted by Crippen LogP contribution is 2.47. The minimum atomic E-state index is -4.98. The van der Waals surface area contributed by atoms with Crippen molar-refractivity contribution in [3.8, 4) is 16.9 Å². The van der Waals surface area contributed by atoms with Gasteiger partial charge in [0, 0.05) is 29.8 Å². The number of methoxy groups -OCH3 is 1. The number of hydrogen-bond acceptors (Lipinski definition) is 6. The Kier molecular flexibility index (Phi) is 8.65. The van der Waals surface area contributed by atoms with Gasteiger partial charge in [-0.1, -0.05) is 12.1 Å². The van der Waals surface area contributed by atoms with E-state index in [9.17, 15) is 41.0 Å². The number of carboxylic acid groups (broad SMARTS) is 1. The van der Waals surface area contributed by atoms with Crippen molar-refractivity contribution in [2.24, 2.45) is 11.8 Å². The fourth-order valence-corrected chi connectivity index (χ4v) is 6.92. The third-order valence-corrected chi connectivity index (χ3v) is 9.91. The fraction of sp³-hybridized carbons (Fsp3) is 0.500. The number of halogens is 6. The van der Waals surface area contributed by atoms with Gasteiger partial charge in [-0.3, -0.25) is 9.69 Å². The number of cyclic esters (lactones) is 1. The van der Waals surface area contributed by atoms with E-state index in [2.05, 4.69) is 4.90 Å². The third kappa shape index (κ3) is 6.33. The molecule has 2 aliphatic heterocycles. The van der Waals surface area contributed by atoms with E-state index in [0.717, 1.165) is 36.7 Å². The molecule has 0 spiro atoms. The van der Waals surface area contributed by atoms with Gasteiger partial charge in [0.1, 0.15) is 17.7 Å². The molecule has 48 heavy (non-hydrogen) atoms. The summed E-state index contributed by atoms with van der Waals surface area (Å²) in [6, 6.07) is 6.61. The zero-order valence-electron chi connectivity index (χ0n) is 26.5. The van der Waals surface area contributed by atoms with E-state index >= 15 is 0 Å². The van der Waals surface area contributed by atoms with Crippen molar-refractivity contribution in [3.63, 3.8) is 0 Å². The van der Waals surface area contributed by atoms with Crippen molar-refractivity contribution in [3.05, 3.63) is 64.4 Å². The number of rotatable bonds is 8. The van der Waals surface area contributed by atoms with Crippen molar-refractivity contribution in [1.82, 2.24) is 9.88 Å². The molecule has 1 saturated carbocycles. The summed E-state index contributed by atoms with van der Waals surface area (Å²) < 4.78 is 93.3. The lowest BCUT2D eigenvalue weighted by molar-refractivity contribution is -0.166. The molecule has 1 amide bonds. The molecule has 0 radical (unpaired) electrons. The quantitative estimate of drug-likeness (QED) is 0.288. The molecule has 1 N–H and O–H groups in total. The fourth-order valence-electron chi connectivity index (χ4n) is 6.92. The molecule has 258 valence electrons. The van der Waals surface area contributed by atoms with Crippen molar-refractivity contribution < 1.29 is 50.5 Å². The predicted octanol–water partition coefficient (Wildman–Crippen LogP) is 7.56. The third-order valence-electron chi connectivity index (χ3n) is 9.91. The molecule has 3 heterocycles. The van der Waals surface area contributed by atoms with E-state index in [0.29, 0.717) is 47.3 Å². The van der Waals surface area contributed by atoms with Gasteiger partial charge in [-0.2, -0.15) is 26.3 Å². The van der Waals surface area contributed by atoms with E-state index in [1.54, 1.807) is 6.07 Å². The predicted molar refractivity (Wildman–Crippen MR) is 163 cm³/mol. The molecule has 1 unspecified atom stereocenters. The topological polar surface area (TPSA) is 92.2 Å². The smallest absolute Gasteiger partial charge is 0.412 e. The number of amides is 1. The van der Waals surface area contributed by atoms with Crippen molar-refractivity contribution in [2.75, 3.05) is 25.1 Å². The number of ether oxygens (including phenoxy) is 2. The SMILES string of the molecule is COc1ccc(C2CC(C(=O)O)C2)cc1-c1c(C)cc(N2CCC2)nc1CN1C(=O)O[C@H](C2=CC(C(F)(F)F)CC(C(F)(F)F)=C2)[C@@H]1C. The molecular formula is C34H35F6N3O5. The lowest BCUT2D eigenvalue weighted by atomic mass is 9.71. The Balaban J connectivity index is 1.37. The highest BCUT2D eigenvalue weighted by Gasteiger charge is 2.49. The van der Waals surface area contributed by atoms with Gasteiger partial charge in [-0.25, -0.2) is 9.78 Å². The number of hydrogen-bond donors (Lipinski definition) is 1. The molecule has 2 aliphatic carbocycles. The number of benzene rings is 1. The van der Waals surface area contributed by atoms with Gasteiger partial charge in [0.15, 0.2) is 0 Å². The molecule has 1 aromatic carbocycles. The van der Waals surface area contributed by atoms with Gasteiger partial charge in [0.25, 0.3) is 0 Å². The number of pyridine rings is 1. The van der Waals surface area contributed by atoms with Crippen LogP contribution in [0.25, 0.3) is 11.1 Å². The number of allylic oxidation sites excluding steroid dienone is 2. The maximum absolute atomic E-state index is 13.7. The lowest BCUT2D eigenvalue weighted by Gasteiger charge is -2.34. The van der Waals surface area contributed by atoms with Crippen molar-refractivity contribution >= 4 is 17.9 Å². The maximum Gasteiger partial charge on any atom is 0.412 e. The number of carboxylic acids is 1. The summed E-state index contributed by atoms with van der Waals surface area (Å²) in [6.45, 7) is 4.84. The Morgan fingerprint density at radius 3 is 2.42 bits per heavy atom. The zero-order chi connectivity index (χ0) is 34.7. The molecule has 3 fully saturated rings. The van der Waals surface area contributed by atoms with Crippen molar-refractivity contribution in [2.45, 2.75) is 76.5 Å². The first kappa shape index (κ1) is 33.7.